The number of hydrogen-bond acceptors (Lipinski definition) is 4. The minimum Gasteiger partial charge on any atom is -0.497 e. The highest BCUT2D eigenvalue weighted by atomic mass is 35.5. The van der Waals surface area contributed by atoms with Crippen LogP contribution in [0.15, 0.2) is 18.2 Å². The van der Waals surface area contributed by atoms with Gasteiger partial charge in [-0.25, -0.2) is 4.68 Å². The molecule has 2 rings (SSSR count). The molecule has 0 saturated carbocycles. The molecule has 1 aromatic heterocycles. The van der Waals surface area contributed by atoms with Crippen LogP contribution in [0.2, 0.25) is 5.02 Å². The van der Waals surface area contributed by atoms with Gasteiger partial charge in [0.25, 0.3) is 0 Å². The van der Waals surface area contributed by atoms with Crippen LogP contribution in [0.3, 0.4) is 0 Å². The predicted octanol–water partition coefficient (Wildman–Crippen LogP) is 2.05. The lowest BCUT2D eigenvalue weighted by Crippen LogP contribution is -2.01. The maximum absolute atomic E-state index is 10.7. The van der Waals surface area contributed by atoms with E-state index >= 15 is 0 Å². The van der Waals surface area contributed by atoms with Gasteiger partial charge in [-0.3, -0.25) is 4.79 Å². The van der Waals surface area contributed by atoms with Gasteiger partial charge in [-0.15, -0.1) is 5.10 Å². The summed E-state index contributed by atoms with van der Waals surface area (Å²) >= 11 is 6.08. The summed E-state index contributed by atoms with van der Waals surface area (Å²) < 4.78 is 6.62. The SMILES string of the molecule is COc1ccc(Cl)c(-n2nnc(C=O)c2C)c1. The molecule has 0 aliphatic heterocycles. The first-order valence-electron chi connectivity index (χ1n) is 4.88. The molecule has 0 spiro atoms. The molecule has 0 atom stereocenters. The van der Waals surface area contributed by atoms with Crippen molar-refractivity contribution in [2.75, 3.05) is 7.11 Å². The Hall–Kier alpha value is -1.88. The number of aldehydes is 1. The van der Waals surface area contributed by atoms with Crippen molar-refractivity contribution < 1.29 is 9.53 Å². The molecular weight excluding hydrogens is 242 g/mol. The van der Waals surface area contributed by atoms with Crippen molar-refractivity contribution in [2.24, 2.45) is 0 Å². The molecule has 1 aromatic carbocycles. The van der Waals surface area contributed by atoms with E-state index in [1.807, 2.05) is 0 Å². The molecule has 5 nitrogen and oxygen atoms in total. The van der Waals surface area contributed by atoms with Gasteiger partial charge in [0.2, 0.25) is 0 Å². The number of carbonyl (C=O) groups is 1. The van der Waals surface area contributed by atoms with Gasteiger partial charge in [-0.1, -0.05) is 16.8 Å². The molecule has 0 unspecified atom stereocenters. The Kier molecular flexibility index (Phi) is 3.10. The van der Waals surface area contributed by atoms with Crippen LogP contribution in [-0.2, 0) is 0 Å². The van der Waals surface area contributed by atoms with Crippen molar-refractivity contribution in [1.82, 2.24) is 15.0 Å². The Morgan fingerprint density at radius 2 is 2.24 bits per heavy atom. The van der Waals surface area contributed by atoms with Crippen LogP contribution in [0.25, 0.3) is 5.69 Å². The van der Waals surface area contributed by atoms with Gasteiger partial charge in [0.05, 0.1) is 23.5 Å². The van der Waals surface area contributed by atoms with Crippen LogP contribution in [0.4, 0.5) is 0 Å². The highest BCUT2D eigenvalue weighted by Gasteiger charge is 2.12. The van der Waals surface area contributed by atoms with Crippen molar-refractivity contribution in [1.29, 1.82) is 0 Å². The average molecular weight is 252 g/mol. The van der Waals surface area contributed by atoms with Crippen molar-refractivity contribution in [3.8, 4) is 11.4 Å². The molecular formula is C11H10ClN3O2. The third-order valence-electron chi connectivity index (χ3n) is 2.42. The van der Waals surface area contributed by atoms with E-state index in [0.29, 0.717) is 34.1 Å². The zero-order chi connectivity index (χ0) is 12.4. The summed E-state index contributed by atoms with van der Waals surface area (Å²) in [6, 6.07) is 5.19. The summed E-state index contributed by atoms with van der Waals surface area (Å²) in [6.07, 6.45) is 0.660. The third kappa shape index (κ3) is 2.01. The fourth-order valence-electron chi connectivity index (χ4n) is 1.46. The molecule has 0 fully saturated rings. The first kappa shape index (κ1) is 11.6. The summed E-state index contributed by atoms with van der Waals surface area (Å²) in [4.78, 5) is 10.7. The van der Waals surface area contributed by atoms with Gasteiger partial charge in [0, 0.05) is 6.07 Å². The summed E-state index contributed by atoms with van der Waals surface area (Å²) in [7, 11) is 1.57. The van der Waals surface area contributed by atoms with Crippen LogP contribution in [0, 0.1) is 6.92 Å². The fourth-order valence-corrected chi connectivity index (χ4v) is 1.66. The van der Waals surface area contributed by atoms with Crippen LogP contribution >= 0.6 is 11.6 Å². The second-order valence-electron chi connectivity index (χ2n) is 3.41. The lowest BCUT2D eigenvalue weighted by atomic mass is 10.3. The number of aromatic nitrogens is 3. The molecule has 1 heterocycles. The van der Waals surface area contributed by atoms with Gasteiger partial charge in [-0.05, 0) is 19.1 Å². The standard InChI is InChI=1S/C11H10ClN3O2/c1-7-10(6-16)13-14-15(7)11-5-8(17-2)3-4-9(11)12/h3-6H,1-2H3. The van der Waals surface area contributed by atoms with E-state index < -0.39 is 0 Å². The Labute approximate surface area is 103 Å². The largest absolute Gasteiger partial charge is 0.497 e. The maximum atomic E-state index is 10.7. The number of rotatable bonds is 3. The number of methoxy groups -OCH3 is 1. The molecule has 2 aromatic rings. The monoisotopic (exact) mass is 251 g/mol. The zero-order valence-electron chi connectivity index (χ0n) is 9.35. The number of halogens is 1. The summed E-state index contributed by atoms with van der Waals surface area (Å²) in [5.41, 5.74) is 1.56. The second kappa shape index (κ2) is 4.55. The fraction of sp³-hybridized carbons (Fsp3) is 0.182. The minimum absolute atomic E-state index is 0.295. The molecule has 0 N–H and O–H groups in total. The van der Waals surface area contributed by atoms with Crippen LogP contribution < -0.4 is 4.74 Å². The summed E-state index contributed by atoms with van der Waals surface area (Å²) in [6.45, 7) is 1.75. The molecule has 0 aliphatic rings. The molecule has 6 heteroatoms. The number of carbonyl (C=O) groups excluding carboxylic acids is 1. The Morgan fingerprint density at radius 3 is 2.82 bits per heavy atom. The molecule has 88 valence electrons. The molecule has 0 saturated heterocycles. The van der Waals surface area contributed by atoms with E-state index in [1.165, 1.54) is 4.68 Å². The van der Waals surface area contributed by atoms with Gasteiger partial charge >= 0.3 is 0 Å². The van der Waals surface area contributed by atoms with Crippen molar-refractivity contribution in [3.05, 3.63) is 34.6 Å². The number of nitrogens with zero attached hydrogens (tertiary/aromatic N) is 3. The molecule has 17 heavy (non-hydrogen) atoms. The molecule has 0 radical (unpaired) electrons. The Morgan fingerprint density at radius 1 is 1.47 bits per heavy atom. The second-order valence-corrected chi connectivity index (χ2v) is 3.81. The number of ether oxygens (including phenoxy) is 1. The van der Waals surface area contributed by atoms with E-state index in [-0.39, 0.29) is 0 Å². The summed E-state index contributed by atoms with van der Waals surface area (Å²) in [5.74, 6) is 0.659. The molecule has 0 amide bonds. The number of benzene rings is 1. The lowest BCUT2D eigenvalue weighted by Gasteiger charge is -2.07. The first-order valence-corrected chi connectivity index (χ1v) is 5.26. The van der Waals surface area contributed by atoms with Crippen LogP contribution in [0.1, 0.15) is 16.2 Å². The molecule has 0 aliphatic carbocycles. The lowest BCUT2D eigenvalue weighted by molar-refractivity contribution is 0.111. The zero-order valence-corrected chi connectivity index (χ0v) is 10.1. The first-order chi connectivity index (χ1) is 8.17. The highest BCUT2D eigenvalue weighted by molar-refractivity contribution is 6.32. The van der Waals surface area contributed by atoms with E-state index in [4.69, 9.17) is 16.3 Å². The Bertz CT molecular complexity index is 566. The van der Waals surface area contributed by atoms with Gasteiger partial charge in [0.1, 0.15) is 11.4 Å². The normalized spacial score (nSPS) is 10.3. The minimum atomic E-state index is 0.295. The number of hydrogen-bond donors (Lipinski definition) is 0. The summed E-state index contributed by atoms with van der Waals surface area (Å²) in [5, 5.41) is 8.15. The quantitative estimate of drug-likeness (QED) is 0.784. The van der Waals surface area contributed by atoms with Crippen molar-refractivity contribution in [2.45, 2.75) is 6.92 Å². The van der Waals surface area contributed by atoms with Crippen molar-refractivity contribution in [3.63, 3.8) is 0 Å². The smallest absolute Gasteiger partial charge is 0.172 e. The van der Waals surface area contributed by atoms with Gasteiger partial charge in [-0.2, -0.15) is 0 Å². The van der Waals surface area contributed by atoms with Crippen LogP contribution in [-0.4, -0.2) is 28.4 Å². The van der Waals surface area contributed by atoms with E-state index in [1.54, 1.807) is 32.2 Å². The van der Waals surface area contributed by atoms with E-state index in [9.17, 15) is 4.79 Å². The topological polar surface area (TPSA) is 57.0 Å². The van der Waals surface area contributed by atoms with Crippen LogP contribution in [0.5, 0.6) is 5.75 Å². The van der Waals surface area contributed by atoms with Gasteiger partial charge < -0.3 is 4.74 Å². The molecule has 0 bridgehead atoms. The van der Waals surface area contributed by atoms with E-state index in [2.05, 4.69) is 10.3 Å². The van der Waals surface area contributed by atoms with Gasteiger partial charge in [0.15, 0.2) is 6.29 Å². The van der Waals surface area contributed by atoms with Crippen molar-refractivity contribution >= 4 is 17.9 Å². The van der Waals surface area contributed by atoms with E-state index in [0.717, 1.165) is 0 Å². The highest BCUT2D eigenvalue weighted by Crippen LogP contribution is 2.26. The Balaban J connectivity index is 2.58. The maximum Gasteiger partial charge on any atom is 0.172 e. The third-order valence-corrected chi connectivity index (χ3v) is 2.74. The predicted molar refractivity (Wildman–Crippen MR) is 63.0 cm³/mol. The average Bonchev–Trinajstić information content (AvgIpc) is 2.71.